The monoisotopic (exact) mass is 239 g/mol. The Balaban J connectivity index is 2.21. The van der Waals surface area contributed by atoms with Gasteiger partial charge in [-0.15, -0.1) is 0 Å². The first-order valence-electron chi connectivity index (χ1n) is 5.89. The highest BCUT2D eigenvalue weighted by Gasteiger charge is 2.28. The molecule has 2 rings (SSSR count). The molecule has 0 radical (unpaired) electrons. The number of benzene rings is 1. The third-order valence-electron chi connectivity index (χ3n) is 3.43. The largest absolute Gasteiger partial charge is 0.391 e. The van der Waals surface area contributed by atoms with Crippen LogP contribution in [0, 0.1) is 5.82 Å². The summed E-state index contributed by atoms with van der Waals surface area (Å²) < 4.78 is 13.5. The molecule has 0 aromatic heterocycles. The quantitative estimate of drug-likeness (QED) is 0.825. The fourth-order valence-electron chi connectivity index (χ4n) is 2.23. The Kier molecular flexibility index (Phi) is 3.35. The maximum atomic E-state index is 13.5. The fraction of sp³-hybridized carbons (Fsp3) is 0.538. The third kappa shape index (κ3) is 2.58. The molecule has 3 nitrogen and oxygen atoms in total. The van der Waals surface area contributed by atoms with Gasteiger partial charge in [0.05, 0.1) is 12.2 Å². The summed E-state index contributed by atoms with van der Waals surface area (Å²) in [5, 5.41) is 19.1. The van der Waals surface area contributed by atoms with Gasteiger partial charge in [-0.3, -0.25) is 0 Å². The van der Waals surface area contributed by atoms with Gasteiger partial charge in [0.2, 0.25) is 0 Å². The van der Waals surface area contributed by atoms with Crippen molar-refractivity contribution in [2.45, 2.75) is 32.0 Å². The summed E-state index contributed by atoms with van der Waals surface area (Å²) >= 11 is 0. The second kappa shape index (κ2) is 4.63. The fourth-order valence-corrected chi connectivity index (χ4v) is 2.23. The zero-order valence-corrected chi connectivity index (χ0v) is 9.99. The van der Waals surface area contributed by atoms with E-state index in [1.54, 1.807) is 6.07 Å². The number of aliphatic hydroxyl groups is 2. The summed E-state index contributed by atoms with van der Waals surface area (Å²) in [4.78, 5) is 2.02. The first kappa shape index (κ1) is 12.3. The van der Waals surface area contributed by atoms with E-state index in [1.165, 1.54) is 6.07 Å². The molecule has 94 valence electrons. The maximum absolute atomic E-state index is 13.5. The van der Waals surface area contributed by atoms with E-state index < -0.39 is 5.60 Å². The van der Waals surface area contributed by atoms with Gasteiger partial charge in [-0.2, -0.15) is 0 Å². The van der Waals surface area contributed by atoms with E-state index in [-0.39, 0.29) is 12.4 Å². The van der Waals surface area contributed by atoms with Gasteiger partial charge in [-0.1, -0.05) is 6.07 Å². The maximum Gasteiger partial charge on any atom is 0.130 e. The predicted octanol–water partition coefficient (Wildman–Crippen LogP) is 1.67. The smallest absolute Gasteiger partial charge is 0.130 e. The van der Waals surface area contributed by atoms with Gasteiger partial charge in [0, 0.05) is 24.3 Å². The highest BCUT2D eigenvalue weighted by atomic mass is 19.1. The number of hydrogen-bond donors (Lipinski definition) is 2. The zero-order valence-electron chi connectivity index (χ0n) is 9.99. The molecule has 0 amide bonds. The van der Waals surface area contributed by atoms with Crippen LogP contribution >= 0.6 is 0 Å². The van der Waals surface area contributed by atoms with Crippen LogP contribution in [0.15, 0.2) is 18.2 Å². The second-order valence-electron chi connectivity index (χ2n) is 4.88. The van der Waals surface area contributed by atoms with Crippen molar-refractivity contribution >= 4 is 5.69 Å². The minimum absolute atomic E-state index is 0.297. The average Bonchev–Trinajstić information content (AvgIpc) is 2.29. The summed E-state index contributed by atoms with van der Waals surface area (Å²) in [6, 6.07) is 4.82. The van der Waals surface area contributed by atoms with Crippen LogP contribution in [0.3, 0.4) is 0 Å². The molecule has 1 aliphatic rings. The van der Waals surface area contributed by atoms with Crippen molar-refractivity contribution in [1.82, 2.24) is 0 Å². The number of aliphatic hydroxyl groups excluding tert-OH is 1. The van der Waals surface area contributed by atoms with Crippen LogP contribution in [0.25, 0.3) is 0 Å². The number of rotatable bonds is 2. The van der Waals surface area contributed by atoms with Gasteiger partial charge in [-0.05, 0) is 31.9 Å². The van der Waals surface area contributed by atoms with Crippen molar-refractivity contribution in [3.05, 3.63) is 29.6 Å². The van der Waals surface area contributed by atoms with Gasteiger partial charge in [0.25, 0.3) is 0 Å². The predicted molar refractivity (Wildman–Crippen MR) is 64.4 cm³/mol. The van der Waals surface area contributed by atoms with Crippen LogP contribution in [-0.2, 0) is 6.61 Å². The van der Waals surface area contributed by atoms with E-state index in [9.17, 15) is 14.6 Å². The lowest BCUT2D eigenvalue weighted by Gasteiger charge is -2.37. The third-order valence-corrected chi connectivity index (χ3v) is 3.43. The number of piperidine rings is 1. The molecular formula is C13H18FNO2. The highest BCUT2D eigenvalue weighted by Crippen LogP contribution is 2.29. The molecule has 4 heteroatoms. The van der Waals surface area contributed by atoms with Crippen molar-refractivity contribution in [1.29, 1.82) is 0 Å². The number of halogens is 1. The van der Waals surface area contributed by atoms with Crippen LogP contribution in [0.5, 0.6) is 0 Å². The van der Waals surface area contributed by atoms with Crippen molar-refractivity contribution < 1.29 is 14.6 Å². The molecule has 0 unspecified atom stereocenters. The zero-order chi connectivity index (χ0) is 12.5. The lowest BCUT2D eigenvalue weighted by atomic mass is 9.93. The summed E-state index contributed by atoms with van der Waals surface area (Å²) in [7, 11) is 0. The van der Waals surface area contributed by atoms with Crippen molar-refractivity contribution in [3.63, 3.8) is 0 Å². The minimum Gasteiger partial charge on any atom is -0.391 e. The number of anilines is 1. The number of nitrogens with zero attached hydrogens (tertiary/aromatic N) is 1. The molecule has 0 aliphatic carbocycles. The molecule has 1 fully saturated rings. The van der Waals surface area contributed by atoms with E-state index >= 15 is 0 Å². The standard InChI is InChI=1S/C13H18FNO2/c1-13(17)5-7-15(8-6-13)12-4-2-3-11(14)10(12)9-16/h2-4,16-17H,5-9H2,1H3. The summed E-state index contributed by atoms with van der Waals surface area (Å²) in [6.07, 6.45) is 1.32. The Morgan fingerprint density at radius 2 is 2.00 bits per heavy atom. The normalized spacial score (nSPS) is 19.4. The summed E-state index contributed by atoms with van der Waals surface area (Å²) in [6.45, 7) is 2.89. The molecule has 1 heterocycles. The van der Waals surface area contributed by atoms with Crippen LogP contribution in [0.2, 0.25) is 0 Å². The first-order valence-corrected chi connectivity index (χ1v) is 5.89. The molecule has 1 aliphatic heterocycles. The molecular weight excluding hydrogens is 221 g/mol. The average molecular weight is 239 g/mol. The molecule has 1 saturated heterocycles. The van der Waals surface area contributed by atoms with Crippen LogP contribution in [-0.4, -0.2) is 28.9 Å². The van der Waals surface area contributed by atoms with Gasteiger partial charge in [-0.25, -0.2) is 4.39 Å². The lowest BCUT2D eigenvalue weighted by molar-refractivity contribution is 0.0351. The summed E-state index contributed by atoms with van der Waals surface area (Å²) in [5.41, 5.74) is 0.459. The topological polar surface area (TPSA) is 43.7 Å². The van der Waals surface area contributed by atoms with Gasteiger partial charge >= 0.3 is 0 Å². The molecule has 2 N–H and O–H groups in total. The molecule has 0 atom stereocenters. The van der Waals surface area contributed by atoms with E-state index in [1.807, 2.05) is 17.9 Å². The Bertz CT molecular complexity index is 396. The SMILES string of the molecule is CC1(O)CCN(c2cccc(F)c2CO)CC1. The van der Waals surface area contributed by atoms with Crippen LogP contribution < -0.4 is 4.90 Å². The molecule has 0 bridgehead atoms. The van der Waals surface area contributed by atoms with Gasteiger partial charge in [0.15, 0.2) is 0 Å². The number of hydrogen-bond acceptors (Lipinski definition) is 3. The van der Waals surface area contributed by atoms with Gasteiger partial charge in [0.1, 0.15) is 5.82 Å². The molecule has 17 heavy (non-hydrogen) atoms. The second-order valence-corrected chi connectivity index (χ2v) is 4.88. The van der Waals surface area contributed by atoms with Crippen LogP contribution in [0.4, 0.5) is 10.1 Å². The Hall–Kier alpha value is -1.13. The minimum atomic E-state index is -0.622. The van der Waals surface area contributed by atoms with E-state index in [2.05, 4.69) is 0 Å². The first-order chi connectivity index (χ1) is 8.03. The lowest BCUT2D eigenvalue weighted by Crippen LogP contribution is -2.42. The summed E-state index contributed by atoms with van der Waals surface area (Å²) in [5.74, 6) is -0.373. The van der Waals surface area contributed by atoms with Crippen molar-refractivity contribution in [2.24, 2.45) is 0 Å². The van der Waals surface area contributed by atoms with Crippen molar-refractivity contribution in [3.8, 4) is 0 Å². The Morgan fingerprint density at radius 1 is 1.35 bits per heavy atom. The van der Waals surface area contributed by atoms with E-state index in [0.29, 0.717) is 31.5 Å². The molecule has 0 spiro atoms. The molecule has 0 saturated carbocycles. The Labute approximate surface area is 100 Å². The van der Waals surface area contributed by atoms with Crippen LogP contribution in [0.1, 0.15) is 25.3 Å². The highest BCUT2D eigenvalue weighted by molar-refractivity contribution is 5.54. The van der Waals surface area contributed by atoms with E-state index in [4.69, 9.17) is 0 Å². The molecule has 1 aromatic carbocycles. The van der Waals surface area contributed by atoms with Gasteiger partial charge < -0.3 is 15.1 Å². The van der Waals surface area contributed by atoms with Crippen molar-refractivity contribution in [2.75, 3.05) is 18.0 Å². The Morgan fingerprint density at radius 3 is 2.59 bits per heavy atom. The van der Waals surface area contributed by atoms with E-state index in [0.717, 1.165) is 5.69 Å². The molecule has 1 aromatic rings.